The summed E-state index contributed by atoms with van der Waals surface area (Å²) in [6.07, 6.45) is 1.75. The lowest BCUT2D eigenvalue weighted by molar-refractivity contribution is -0.157. The Morgan fingerprint density at radius 2 is 0.786 bits per heavy atom. The number of aromatic hydroxyl groups is 4. The number of benzene rings is 4. The van der Waals surface area contributed by atoms with Gasteiger partial charge in [-0.3, -0.25) is 11.5 Å². The smallest absolute Gasteiger partial charge is 0.333 e. The van der Waals surface area contributed by atoms with Crippen molar-refractivity contribution in [2.75, 3.05) is 0 Å². The summed E-state index contributed by atoms with van der Waals surface area (Å²) in [6, 6.07) is 24.0. The van der Waals surface area contributed by atoms with E-state index >= 15 is 0 Å². The molecule has 2 atom stereocenters. The molecule has 4 aromatic carbocycles. The van der Waals surface area contributed by atoms with Crippen molar-refractivity contribution >= 4 is 11.9 Å². The number of hydrogen-bond acceptors (Lipinski definition) is 10. The van der Waals surface area contributed by atoms with Gasteiger partial charge >= 0.3 is 11.9 Å². The lowest BCUT2D eigenvalue weighted by Gasteiger charge is -2.30. The van der Waals surface area contributed by atoms with Crippen LogP contribution in [0.25, 0.3) is 0 Å². The van der Waals surface area contributed by atoms with Gasteiger partial charge in [0.15, 0.2) is 11.4 Å². The summed E-state index contributed by atoms with van der Waals surface area (Å²) < 4.78 is 11.2. The number of ether oxygens (including phenoxy) is 2. The Labute approximate surface area is 241 Å². The molecule has 0 aliphatic heterocycles. The molecule has 0 fully saturated rings. The zero-order valence-electron chi connectivity index (χ0n) is 22.4. The SMILES string of the molecule is NC(Cc1ccc(O)cc1)(OC(=O)/C=C/C(=O)OC(N)(Cc1ccc(O)cc1)c1ccc(O)cc1)c1ccc(O)cc1. The topological polar surface area (TPSA) is 186 Å². The lowest BCUT2D eigenvalue weighted by atomic mass is 9.95. The Kier molecular flexibility index (Phi) is 8.80. The van der Waals surface area contributed by atoms with Crippen LogP contribution in [0.5, 0.6) is 23.0 Å². The van der Waals surface area contributed by atoms with Crippen molar-refractivity contribution in [1.82, 2.24) is 0 Å². The van der Waals surface area contributed by atoms with Crippen LogP contribution >= 0.6 is 0 Å². The summed E-state index contributed by atoms with van der Waals surface area (Å²) in [4.78, 5) is 25.7. The van der Waals surface area contributed by atoms with Gasteiger partial charge in [0.25, 0.3) is 0 Å². The van der Waals surface area contributed by atoms with Crippen molar-refractivity contribution in [3.8, 4) is 23.0 Å². The molecular formula is C32H30N2O8. The van der Waals surface area contributed by atoms with Crippen molar-refractivity contribution in [2.45, 2.75) is 24.3 Å². The van der Waals surface area contributed by atoms with Crippen molar-refractivity contribution < 1.29 is 39.5 Å². The number of rotatable bonds is 10. The first kappa shape index (κ1) is 29.7. The minimum Gasteiger partial charge on any atom is -0.508 e. The van der Waals surface area contributed by atoms with Crippen molar-refractivity contribution in [3.63, 3.8) is 0 Å². The third-order valence-corrected chi connectivity index (χ3v) is 6.44. The number of carbonyl (C=O) groups excluding carboxylic acids is 2. The van der Waals surface area contributed by atoms with Crippen LogP contribution in [0.4, 0.5) is 0 Å². The van der Waals surface area contributed by atoms with E-state index in [1.165, 1.54) is 72.8 Å². The number of nitrogens with two attached hydrogens (primary N) is 2. The first-order valence-corrected chi connectivity index (χ1v) is 12.8. The van der Waals surface area contributed by atoms with E-state index in [-0.39, 0.29) is 35.8 Å². The molecule has 0 saturated heterocycles. The number of phenolic OH excluding ortho intramolecular Hbond substituents is 4. The highest BCUT2D eigenvalue weighted by atomic mass is 16.6. The van der Waals surface area contributed by atoms with E-state index in [9.17, 15) is 30.0 Å². The fourth-order valence-electron chi connectivity index (χ4n) is 4.28. The van der Waals surface area contributed by atoms with Gasteiger partial charge in [0.1, 0.15) is 23.0 Å². The highest BCUT2D eigenvalue weighted by Gasteiger charge is 2.34. The van der Waals surface area contributed by atoms with Crippen LogP contribution in [0.3, 0.4) is 0 Å². The predicted octanol–water partition coefficient (Wildman–Crippen LogP) is 3.56. The largest absolute Gasteiger partial charge is 0.508 e. The first-order chi connectivity index (χ1) is 19.9. The maximum Gasteiger partial charge on any atom is 0.333 e. The second kappa shape index (κ2) is 12.5. The molecular weight excluding hydrogens is 540 g/mol. The monoisotopic (exact) mass is 570 g/mol. The second-order valence-corrected chi connectivity index (χ2v) is 9.73. The summed E-state index contributed by atoms with van der Waals surface area (Å²) in [5.74, 6) is -1.81. The van der Waals surface area contributed by atoms with E-state index in [0.29, 0.717) is 22.3 Å². The maximum absolute atomic E-state index is 12.9. The fourth-order valence-corrected chi connectivity index (χ4v) is 4.28. The number of phenols is 4. The van der Waals surface area contributed by atoms with Crippen LogP contribution in [-0.4, -0.2) is 32.4 Å². The van der Waals surface area contributed by atoms with Crippen molar-refractivity contribution in [3.05, 3.63) is 131 Å². The fraction of sp³-hybridized carbons (Fsp3) is 0.125. The molecule has 10 heteroatoms. The first-order valence-electron chi connectivity index (χ1n) is 12.8. The second-order valence-electron chi connectivity index (χ2n) is 9.73. The standard InChI is InChI=1S/C32H30N2O8/c33-31(23-5-13-27(37)14-6-23,19-21-1-9-25(35)10-2-21)41-29(39)17-18-30(40)42-32(34,24-7-15-28(38)16-8-24)20-22-3-11-26(36)12-4-22/h1-18,35-38H,19-20,33-34H2/b18-17+. The van der Waals surface area contributed by atoms with Gasteiger partial charge in [0.05, 0.1) is 0 Å². The van der Waals surface area contributed by atoms with Crippen LogP contribution in [0, 0.1) is 0 Å². The Morgan fingerprint density at radius 3 is 1.07 bits per heavy atom. The molecule has 0 bridgehead atoms. The van der Waals surface area contributed by atoms with E-state index in [4.69, 9.17) is 20.9 Å². The van der Waals surface area contributed by atoms with E-state index in [0.717, 1.165) is 12.2 Å². The summed E-state index contributed by atoms with van der Waals surface area (Å²) in [7, 11) is 0. The van der Waals surface area contributed by atoms with Gasteiger partial charge in [-0.2, -0.15) is 0 Å². The molecule has 4 rings (SSSR count). The zero-order chi connectivity index (χ0) is 30.3. The van der Waals surface area contributed by atoms with Crippen LogP contribution in [-0.2, 0) is 43.4 Å². The summed E-state index contributed by atoms with van der Waals surface area (Å²) in [5, 5.41) is 38.6. The van der Waals surface area contributed by atoms with Crippen LogP contribution in [0.1, 0.15) is 22.3 Å². The Morgan fingerprint density at radius 1 is 0.524 bits per heavy atom. The molecule has 10 nitrogen and oxygen atoms in total. The van der Waals surface area contributed by atoms with Gasteiger partial charge in [-0.15, -0.1) is 0 Å². The Hall–Kier alpha value is -5.32. The van der Waals surface area contributed by atoms with E-state index in [1.54, 1.807) is 24.3 Å². The highest BCUT2D eigenvalue weighted by molar-refractivity contribution is 5.92. The molecule has 8 N–H and O–H groups in total. The molecule has 0 radical (unpaired) electrons. The van der Waals surface area contributed by atoms with Gasteiger partial charge in [0.2, 0.25) is 0 Å². The summed E-state index contributed by atoms with van der Waals surface area (Å²) >= 11 is 0. The van der Waals surface area contributed by atoms with E-state index in [1.807, 2.05) is 0 Å². The van der Waals surface area contributed by atoms with Crippen molar-refractivity contribution in [2.24, 2.45) is 11.5 Å². The highest BCUT2D eigenvalue weighted by Crippen LogP contribution is 2.29. The summed E-state index contributed by atoms with van der Waals surface area (Å²) in [5.41, 5.74) is 11.7. The normalized spacial score (nSPS) is 14.0. The Balaban J connectivity index is 1.53. The van der Waals surface area contributed by atoms with E-state index in [2.05, 4.69) is 0 Å². The molecule has 0 aromatic heterocycles. The molecule has 4 aromatic rings. The van der Waals surface area contributed by atoms with Gasteiger partial charge in [-0.05, 0) is 83.9 Å². The maximum atomic E-state index is 12.9. The quantitative estimate of drug-likeness (QED) is 0.0935. The van der Waals surface area contributed by atoms with Crippen LogP contribution in [0.2, 0.25) is 0 Å². The molecule has 2 unspecified atom stereocenters. The van der Waals surface area contributed by atoms with E-state index < -0.39 is 23.4 Å². The van der Waals surface area contributed by atoms with Gasteiger partial charge in [-0.25, -0.2) is 9.59 Å². The predicted molar refractivity (Wildman–Crippen MR) is 153 cm³/mol. The average Bonchev–Trinajstić information content (AvgIpc) is 2.95. The van der Waals surface area contributed by atoms with Gasteiger partial charge < -0.3 is 29.9 Å². The minimum absolute atomic E-state index is 0.00842. The third-order valence-electron chi connectivity index (χ3n) is 6.44. The minimum atomic E-state index is -1.70. The number of hydrogen-bond donors (Lipinski definition) is 6. The molecule has 42 heavy (non-hydrogen) atoms. The Bertz CT molecular complexity index is 1430. The molecule has 0 aliphatic carbocycles. The average molecular weight is 571 g/mol. The molecule has 216 valence electrons. The van der Waals surface area contributed by atoms with Crippen LogP contribution < -0.4 is 11.5 Å². The van der Waals surface area contributed by atoms with Crippen molar-refractivity contribution in [1.29, 1.82) is 0 Å². The summed E-state index contributed by atoms with van der Waals surface area (Å²) in [6.45, 7) is 0. The molecule has 0 spiro atoms. The molecule has 0 amide bonds. The zero-order valence-corrected chi connectivity index (χ0v) is 22.4. The van der Waals surface area contributed by atoms with Crippen LogP contribution in [0.15, 0.2) is 109 Å². The molecule has 0 aliphatic rings. The van der Waals surface area contributed by atoms with Gasteiger partial charge in [-0.1, -0.05) is 24.3 Å². The lowest BCUT2D eigenvalue weighted by Crippen LogP contribution is -2.44. The van der Waals surface area contributed by atoms with Gasteiger partial charge in [0, 0.05) is 36.1 Å². The number of esters is 2. The number of carbonyl (C=O) groups is 2. The third kappa shape index (κ3) is 7.66. The molecule has 0 heterocycles. The molecule has 0 saturated carbocycles.